The fourth-order valence-corrected chi connectivity index (χ4v) is 3.53. The zero-order valence-electron chi connectivity index (χ0n) is 8.95. The minimum atomic E-state index is -2.54. The van der Waals surface area contributed by atoms with Crippen molar-refractivity contribution < 1.29 is 4.21 Å². The van der Waals surface area contributed by atoms with Crippen LogP contribution in [0.4, 0.5) is 0 Å². The molecule has 3 unspecified atom stereocenters. The minimum absolute atomic E-state index is 0.0786. The van der Waals surface area contributed by atoms with Crippen LogP contribution in [0, 0.1) is 16.6 Å². The predicted octanol–water partition coefficient (Wildman–Crippen LogP) is 2.13. The zero-order valence-corrected chi connectivity index (χ0v) is 9.77. The lowest BCUT2D eigenvalue weighted by atomic mass is 10.0. The van der Waals surface area contributed by atoms with Crippen LogP contribution in [-0.4, -0.2) is 15.5 Å². The van der Waals surface area contributed by atoms with Gasteiger partial charge in [-0.3, -0.25) is 0 Å². The fraction of sp³-hybridized carbons (Fsp3) is 1.00. The molecule has 2 N–H and O–H groups in total. The second kappa shape index (κ2) is 3.49. The largest absolute Gasteiger partial charge is 0.240 e. The third kappa shape index (κ3) is 1.82. The standard InChI is InChI=1S/C10H20N2OS/c1-7(2)14(11,13)12-10-8-5-3-4-6-9(8)10/h7-10H,3-6H2,1-2H3,(H2,11,12,13). The van der Waals surface area contributed by atoms with E-state index < -0.39 is 9.92 Å². The van der Waals surface area contributed by atoms with Gasteiger partial charge in [-0.1, -0.05) is 12.8 Å². The molecule has 2 fully saturated rings. The van der Waals surface area contributed by atoms with Gasteiger partial charge in [-0.05, 0) is 38.5 Å². The monoisotopic (exact) mass is 216 g/mol. The molecule has 0 radical (unpaired) electrons. The van der Waals surface area contributed by atoms with E-state index in [0.29, 0.717) is 6.04 Å². The van der Waals surface area contributed by atoms with Crippen LogP contribution in [0.25, 0.3) is 0 Å². The molecule has 0 spiro atoms. The molecule has 0 aromatic rings. The summed E-state index contributed by atoms with van der Waals surface area (Å²) in [5.74, 6) is 1.46. The molecular weight excluding hydrogens is 196 g/mol. The zero-order chi connectivity index (χ0) is 10.3. The molecule has 82 valence electrons. The molecule has 3 nitrogen and oxygen atoms in total. The summed E-state index contributed by atoms with van der Waals surface area (Å²) >= 11 is 0. The van der Waals surface area contributed by atoms with Gasteiger partial charge in [0, 0.05) is 6.04 Å². The van der Waals surface area contributed by atoms with Gasteiger partial charge in [0.05, 0.1) is 5.25 Å². The average molecular weight is 216 g/mol. The van der Waals surface area contributed by atoms with Gasteiger partial charge in [-0.25, -0.2) is 13.7 Å². The van der Waals surface area contributed by atoms with E-state index in [4.69, 9.17) is 4.78 Å². The van der Waals surface area contributed by atoms with Crippen LogP contribution in [0.15, 0.2) is 0 Å². The maximum absolute atomic E-state index is 11.8. The van der Waals surface area contributed by atoms with Crippen LogP contribution in [-0.2, 0) is 9.92 Å². The van der Waals surface area contributed by atoms with E-state index in [-0.39, 0.29) is 5.25 Å². The lowest BCUT2D eigenvalue weighted by Gasteiger charge is -2.12. The summed E-state index contributed by atoms with van der Waals surface area (Å²) in [5, 5.41) is -0.0786. The van der Waals surface area contributed by atoms with Gasteiger partial charge in [-0.15, -0.1) is 0 Å². The highest BCUT2D eigenvalue weighted by Gasteiger charge is 2.51. The molecule has 2 saturated carbocycles. The molecule has 2 rings (SSSR count). The summed E-state index contributed by atoms with van der Waals surface area (Å²) in [4.78, 5) is 0. The highest BCUT2D eigenvalue weighted by atomic mass is 32.2. The van der Waals surface area contributed by atoms with Crippen LogP contribution < -0.4 is 4.72 Å². The van der Waals surface area contributed by atoms with Crippen molar-refractivity contribution in [3.8, 4) is 0 Å². The number of hydrogen-bond donors (Lipinski definition) is 2. The lowest BCUT2D eigenvalue weighted by molar-refractivity contribution is 0.480. The molecule has 2 aliphatic carbocycles. The first-order chi connectivity index (χ1) is 6.52. The average Bonchev–Trinajstić information content (AvgIpc) is 2.79. The second-order valence-electron chi connectivity index (χ2n) is 4.91. The maximum atomic E-state index is 11.8. The van der Waals surface area contributed by atoms with Crippen LogP contribution in [0.2, 0.25) is 0 Å². The Kier molecular flexibility index (Phi) is 2.60. The Morgan fingerprint density at radius 1 is 1.29 bits per heavy atom. The van der Waals surface area contributed by atoms with Gasteiger partial charge in [0.15, 0.2) is 0 Å². The molecule has 0 bridgehead atoms. The normalized spacial score (nSPS) is 40.4. The Balaban J connectivity index is 1.94. The minimum Gasteiger partial charge on any atom is -0.240 e. The quantitative estimate of drug-likeness (QED) is 0.746. The van der Waals surface area contributed by atoms with Crippen LogP contribution in [0.3, 0.4) is 0 Å². The third-order valence-electron chi connectivity index (χ3n) is 3.63. The molecule has 0 aliphatic heterocycles. The highest BCUT2D eigenvalue weighted by Crippen LogP contribution is 2.50. The van der Waals surface area contributed by atoms with E-state index in [9.17, 15) is 4.21 Å². The second-order valence-corrected chi connectivity index (χ2v) is 7.29. The van der Waals surface area contributed by atoms with Gasteiger partial charge in [-0.2, -0.15) is 0 Å². The van der Waals surface area contributed by atoms with Crippen molar-refractivity contribution in [2.75, 3.05) is 0 Å². The molecule has 0 aromatic heterocycles. The lowest BCUT2D eigenvalue weighted by Crippen LogP contribution is -2.32. The molecule has 14 heavy (non-hydrogen) atoms. The Labute approximate surface area is 86.8 Å². The van der Waals surface area contributed by atoms with Crippen molar-refractivity contribution in [3.63, 3.8) is 0 Å². The van der Waals surface area contributed by atoms with Crippen molar-refractivity contribution in [1.29, 1.82) is 4.78 Å². The molecule has 2 aliphatic rings. The smallest absolute Gasteiger partial charge is 0.107 e. The molecule has 0 saturated heterocycles. The number of nitrogens with one attached hydrogen (secondary N) is 2. The molecule has 0 heterocycles. The van der Waals surface area contributed by atoms with E-state index in [2.05, 4.69) is 4.72 Å². The summed E-state index contributed by atoms with van der Waals surface area (Å²) in [7, 11) is -2.54. The van der Waals surface area contributed by atoms with Crippen LogP contribution >= 0.6 is 0 Å². The summed E-state index contributed by atoms with van der Waals surface area (Å²) in [5.41, 5.74) is 0. The van der Waals surface area contributed by atoms with E-state index >= 15 is 0 Å². The van der Waals surface area contributed by atoms with Gasteiger partial charge in [0.25, 0.3) is 0 Å². The van der Waals surface area contributed by atoms with Crippen molar-refractivity contribution in [3.05, 3.63) is 0 Å². The van der Waals surface area contributed by atoms with Crippen molar-refractivity contribution in [2.45, 2.75) is 50.8 Å². The summed E-state index contributed by atoms with van der Waals surface area (Å²) in [6.07, 6.45) is 5.19. The van der Waals surface area contributed by atoms with Crippen LogP contribution in [0.1, 0.15) is 39.5 Å². The molecule has 0 amide bonds. The predicted molar refractivity (Wildman–Crippen MR) is 58.4 cm³/mol. The molecular formula is C10H20N2OS. The first kappa shape index (κ1) is 10.4. The Bertz CT molecular complexity index is 298. The summed E-state index contributed by atoms with van der Waals surface area (Å²) < 4.78 is 22.6. The van der Waals surface area contributed by atoms with Crippen molar-refractivity contribution >= 4 is 9.92 Å². The third-order valence-corrected chi connectivity index (χ3v) is 5.58. The highest BCUT2D eigenvalue weighted by molar-refractivity contribution is 7.91. The SMILES string of the molecule is CC(C)S(=N)(=O)NC1C2CCCCC21. The van der Waals surface area contributed by atoms with Gasteiger partial charge in [0.2, 0.25) is 0 Å². The molecule has 4 heteroatoms. The van der Waals surface area contributed by atoms with E-state index in [0.717, 1.165) is 11.8 Å². The Hall–Kier alpha value is -0.0900. The number of hydrogen-bond acceptors (Lipinski definition) is 2. The maximum Gasteiger partial charge on any atom is 0.107 e. The number of rotatable bonds is 3. The molecule has 0 aromatic carbocycles. The van der Waals surface area contributed by atoms with E-state index in [1.807, 2.05) is 13.8 Å². The van der Waals surface area contributed by atoms with Gasteiger partial charge >= 0.3 is 0 Å². The number of fused-ring (bicyclic) bond motifs is 1. The fourth-order valence-electron chi connectivity index (χ4n) is 2.51. The van der Waals surface area contributed by atoms with Crippen molar-refractivity contribution in [2.24, 2.45) is 11.8 Å². The van der Waals surface area contributed by atoms with Crippen molar-refractivity contribution in [1.82, 2.24) is 4.72 Å². The van der Waals surface area contributed by atoms with Crippen LogP contribution in [0.5, 0.6) is 0 Å². The Morgan fingerprint density at radius 2 is 1.79 bits per heavy atom. The summed E-state index contributed by atoms with van der Waals surface area (Å²) in [6.45, 7) is 3.71. The first-order valence-electron chi connectivity index (χ1n) is 5.57. The topological polar surface area (TPSA) is 53.0 Å². The Morgan fingerprint density at radius 3 is 2.21 bits per heavy atom. The van der Waals surface area contributed by atoms with E-state index in [1.54, 1.807) is 0 Å². The molecule has 3 atom stereocenters. The van der Waals surface area contributed by atoms with Gasteiger partial charge in [0.1, 0.15) is 9.92 Å². The first-order valence-corrected chi connectivity index (χ1v) is 7.19. The van der Waals surface area contributed by atoms with E-state index in [1.165, 1.54) is 25.7 Å². The van der Waals surface area contributed by atoms with Gasteiger partial charge < -0.3 is 0 Å². The summed E-state index contributed by atoms with van der Waals surface area (Å²) in [6, 6.07) is 0.393.